The number of hydrogen-bond donors (Lipinski definition) is 1. The fourth-order valence-corrected chi connectivity index (χ4v) is 3.02. The van der Waals surface area contributed by atoms with Gasteiger partial charge in [-0.15, -0.1) is 0 Å². The maximum Gasteiger partial charge on any atom is 0.324 e. The second-order valence-corrected chi connectivity index (χ2v) is 6.28. The van der Waals surface area contributed by atoms with Gasteiger partial charge in [0.05, 0.1) is 20.9 Å². The highest BCUT2D eigenvalue weighted by Crippen LogP contribution is 2.27. The molecule has 0 unspecified atom stereocenters. The zero-order valence-corrected chi connectivity index (χ0v) is 13.6. The lowest BCUT2D eigenvalue weighted by Gasteiger charge is -2.02. The normalized spacial score (nSPS) is 11.8. The summed E-state index contributed by atoms with van der Waals surface area (Å²) in [6.07, 6.45) is 1.51. The lowest BCUT2D eigenvalue weighted by molar-refractivity contribution is -0.380. The number of aromatic nitrogens is 2. The number of nitrogens with one attached hydrogen (secondary N) is 1. The molecule has 0 radical (unpaired) electrons. The van der Waals surface area contributed by atoms with Gasteiger partial charge in [-0.25, -0.2) is 4.98 Å². The summed E-state index contributed by atoms with van der Waals surface area (Å²) in [5, 5.41) is 13.3. The van der Waals surface area contributed by atoms with Crippen molar-refractivity contribution in [1.29, 1.82) is 0 Å². The zero-order valence-electron chi connectivity index (χ0n) is 11.2. The molecule has 1 N–H and O–H groups in total. The minimum atomic E-state index is -0.476. The van der Waals surface area contributed by atoms with Crippen molar-refractivity contribution >= 4 is 61.6 Å². The number of halogens is 2. The van der Waals surface area contributed by atoms with Crippen LogP contribution in [0.4, 0.5) is 5.00 Å². The third-order valence-corrected chi connectivity index (χ3v) is 4.39. The van der Waals surface area contributed by atoms with Gasteiger partial charge in [-0.1, -0.05) is 34.5 Å². The molecular weight excluding hydrogens is 361 g/mol. The van der Waals surface area contributed by atoms with E-state index in [4.69, 9.17) is 23.2 Å². The van der Waals surface area contributed by atoms with Gasteiger partial charge in [-0.05, 0) is 29.8 Å². The average molecular weight is 368 g/mol. The van der Waals surface area contributed by atoms with Crippen molar-refractivity contribution in [2.24, 2.45) is 0 Å². The Balaban J connectivity index is 2.04. The second-order valence-electron chi connectivity index (χ2n) is 4.54. The molecule has 0 saturated carbocycles. The maximum atomic E-state index is 12.1. The summed E-state index contributed by atoms with van der Waals surface area (Å²) < 4.78 is 0. The fraction of sp³-hybridized carbons (Fsp3) is 0. The molecule has 116 valence electrons. The summed E-state index contributed by atoms with van der Waals surface area (Å²) in [7, 11) is 0. The van der Waals surface area contributed by atoms with Gasteiger partial charge in [0.15, 0.2) is 5.82 Å². The molecule has 2 heterocycles. The number of hydrogen-bond acceptors (Lipinski definition) is 5. The van der Waals surface area contributed by atoms with Crippen LogP contribution in [0.2, 0.25) is 5.02 Å². The molecule has 0 fully saturated rings. The van der Waals surface area contributed by atoms with Gasteiger partial charge in [-0.2, -0.15) is 0 Å². The predicted molar refractivity (Wildman–Crippen MR) is 92.1 cm³/mol. The van der Waals surface area contributed by atoms with Crippen LogP contribution in [0.25, 0.3) is 22.0 Å². The van der Waals surface area contributed by atoms with Crippen LogP contribution in [0.15, 0.2) is 34.4 Å². The van der Waals surface area contributed by atoms with Crippen molar-refractivity contribution < 1.29 is 4.92 Å². The van der Waals surface area contributed by atoms with Crippen LogP contribution in [-0.2, 0) is 0 Å². The number of fused-ring (bicyclic) bond motifs is 1. The van der Waals surface area contributed by atoms with E-state index in [1.807, 2.05) is 0 Å². The number of benzene rings is 1. The Labute approximate surface area is 143 Å². The SMILES string of the molecule is O=c1[nH]c(/C(Cl)=C/c2csc([N+](=O)[O-])c2)nc2ccc(Cl)cc12. The average Bonchev–Trinajstić information content (AvgIpc) is 2.96. The van der Waals surface area contributed by atoms with E-state index in [1.54, 1.807) is 17.5 Å². The summed E-state index contributed by atoms with van der Waals surface area (Å²) in [6, 6.07) is 6.16. The molecule has 0 atom stereocenters. The largest absolute Gasteiger partial charge is 0.324 e. The molecular formula is C14H7Cl2N3O3S. The first-order chi connectivity index (χ1) is 10.9. The van der Waals surface area contributed by atoms with Crippen LogP contribution >= 0.6 is 34.5 Å². The Kier molecular flexibility index (Phi) is 4.16. The Bertz CT molecular complexity index is 1010. The number of aromatic amines is 1. The third kappa shape index (κ3) is 3.26. The number of thiophene rings is 1. The van der Waals surface area contributed by atoms with E-state index in [-0.39, 0.29) is 21.4 Å². The third-order valence-electron chi connectivity index (χ3n) is 2.97. The van der Waals surface area contributed by atoms with Crippen LogP contribution in [0.3, 0.4) is 0 Å². The first kappa shape index (κ1) is 15.7. The van der Waals surface area contributed by atoms with Crippen LogP contribution in [-0.4, -0.2) is 14.9 Å². The maximum absolute atomic E-state index is 12.1. The number of nitrogens with zero attached hydrogens (tertiary/aromatic N) is 2. The van der Waals surface area contributed by atoms with Gasteiger partial charge in [-0.3, -0.25) is 14.9 Å². The van der Waals surface area contributed by atoms with Crippen molar-refractivity contribution in [3.05, 3.63) is 66.5 Å². The van der Waals surface area contributed by atoms with Crippen molar-refractivity contribution in [1.82, 2.24) is 9.97 Å². The Morgan fingerprint density at radius 3 is 2.87 bits per heavy atom. The van der Waals surface area contributed by atoms with Gasteiger partial charge in [0.1, 0.15) is 0 Å². The molecule has 2 aromatic heterocycles. The molecule has 1 aromatic carbocycles. The highest BCUT2D eigenvalue weighted by molar-refractivity contribution is 7.13. The molecule has 0 saturated heterocycles. The van der Waals surface area contributed by atoms with Gasteiger partial charge >= 0.3 is 5.00 Å². The van der Waals surface area contributed by atoms with Gasteiger partial charge < -0.3 is 4.98 Å². The van der Waals surface area contributed by atoms with Crippen molar-refractivity contribution in [3.63, 3.8) is 0 Å². The first-order valence-corrected chi connectivity index (χ1v) is 7.87. The molecule has 9 heteroatoms. The summed E-state index contributed by atoms with van der Waals surface area (Å²) in [4.78, 5) is 29.1. The molecule has 0 spiro atoms. The number of H-pyrrole nitrogens is 1. The number of rotatable bonds is 3. The van der Waals surface area contributed by atoms with E-state index in [0.29, 0.717) is 21.5 Å². The smallest absolute Gasteiger partial charge is 0.305 e. The van der Waals surface area contributed by atoms with E-state index in [0.717, 1.165) is 11.3 Å². The molecule has 0 bridgehead atoms. The van der Waals surface area contributed by atoms with Crippen molar-refractivity contribution in [2.75, 3.05) is 0 Å². The summed E-state index contributed by atoms with van der Waals surface area (Å²) in [5.41, 5.74) is 0.650. The van der Waals surface area contributed by atoms with E-state index >= 15 is 0 Å². The fourth-order valence-electron chi connectivity index (χ4n) is 1.95. The minimum Gasteiger partial charge on any atom is -0.305 e. The van der Waals surface area contributed by atoms with Crippen molar-refractivity contribution in [2.45, 2.75) is 0 Å². The molecule has 0 aliphatic heterocycles. The zero-order chi connectivity index (χ0) is 16.6. The molecule has 3 aromatic rings. The predicted octanol–water partition coefficient (Wildman–Crippen LogP) is 4.28. The monoisotopic (exact) mass is 367 g/mol. The quantitative estimate of drug-likeness (QED) is 0.552. The van der Waals surface area contributed by atoms with Crippen LogP contribution in [0.1, 0.15) is 11.4 Å². The van der Waals surface area contributed by atoms with E-state index in [9.17, 15) is 14.9 Å². The van der Waals surface area contributed by atoms with Crippen LogP contribution in [0.5, 0.6) is 0 Å². The van der Waals surface area contributed by atoms with Gasteiger partial charge in [0, 0.05) is 16.5 Å². The second kappa shape index (κ2) is 6.11. The standard InChI is InChI=1S/C14H7Cl2N3O3S/c15-8-1-2-11-9(5-8)14(20)18-13(17-11)10(16)3-7-4-12(19(21)22)23-6-7/h1-6H,(H,17,18,20)/b10-3-. The molecule has 0 amide bonds. The Morgan fingerprint density at radius 1 is 1.39 bits per heavy atom. The van der Waals surface area contributed by atoms with Gasteiger partial charge in [0.25, 0.3) is 5.56 Å². The first-order valence-electron chi connectivity index (χ1n) is 6.24. The van der Waals surface area contributed by atoms with Crippen molar-refractivity contribution in [3.8, 4) is 0 Å². The molecule has 0 aliphatic carbocycles. The summed E-state index contributed by atoms with van der Waals surface area (Å²) in [6.45, 7) is 0. The van der Waals surface area contributed by atoms with E-state index < -0.39 is 4.92 Å². The van der Waals surface area contributed by atoms with Gasteiger partial charge in [0.2, 0.25) is 0 Å². The molecule has 6 nitrogen and oxygen atoms in total. The highest BCUT2D eigenvalue weighted by atomic mass is 35.5. The number of nitro groups is 1. The highest BCUT2D eigenvalue weighted by Gasteiger charge is 2.11. The van der Waals surface area contributed by atoms with Crippen LogP contribution < -0.4 is 5.56 Å². The van der Waals surface area contributed by atoms with Crippen LogP contribution in [0, 0.1) is 10.1 Å². The molecule has 0 aliphatic rings. The molecule has 3 rings (SSSR count). The Morgan fingerprint density at radius 2 is 2.17 bits per heavy atom. The topological polar surface area (TPSA) is 88.9 Å². The lowest BCUT2D eigenvalue weighted by atomic mass is 10.2. The summed E-state index contributed by atoms with van der Waals surface area (Å²) >= 11 is 13.0. The minimum absolute atomic E-state index is 0.00956. The molecule has 23 heavy (non-hydrogen) atoms. The lowest BCUT2D eigenvalue weighted by Crippen LogP contribution is -2.10. The van der Waals surface area contributed by atoms with E-state index in [2.05, 4.69) is 9.97 Å². The Hall–Kier alpha value is -2.22. The summed E-state index contributed by atoms with van der Waals surface area (Å²) in [5.74, 6) is 0.181. The van der Waals surface area contributed by atoms with E-state index in [1.165, 1.54) is 18.2 Å².